The number of carboxylic acid groups (broad SMARTS) is 3. The second-order valence-corrected chi connectivity index (χ2v) is 10.8. The van der Waals surface area contributed by atoms with Crippen molar-refractivity contribution < 1.29 is 65.9 Å². The van der Waals surface area contributed by atoms with Crippen molar-refractivity contribution in [3.63, 3.8) is 0 Å². The maximum atomic E-state index is 11.9. The summed E-state index contributed by atoms with van der Waals surface area (Å²) in [4.78, 5) is 50.6. The molecule has 0 bridgehead atoms. The molecule has 0 spiro atoms. The van der Waals surface area contributed by atoms with Crippen LogP contribution in [0.4, 0.5) is 0 Å². The van der Waals surface area contributed by atoms with E-state index in [9.17, 15) is 29.4 Å². The Morgan fingerprint density at radius 3 is 1.79 bits per heavy atom. The van der Waals surface area contributed by atoms with Crippen molar-refractivity contribution in [3.05, 3.63) is 0 Å². The molecule has 0 aromatic carbocycles. The second-order valence-electron chi connectivity index (χ2n) is 7.75. The Bertz CT molecular complexity index is 639. The van der Waals surface area contributed by atoms with Gasteiger partial charge in [0.2, 0.25) is 0 Å². The first-order valence-electron chi connectivity index (χ1n) is 11.0. The van der Waals surface area contributed by atoms with Gasteiger partial charge in [-0.2, -0.15) is 0 Å². The van der Waals surface area contributed by atoms with Gasteiger partial charge in [-0.15, -0.1) is 0 Å². The SMILES string of the molecule is CCCN(CCN(CCN(CC[I-]CC(O)O)CC(=O)O)C(CCC(N)=O)C(=O)O)CC(=O)O. The number of aliphatic hydroxyl groups excluding tert-OH is 1. The van der Waals surface area contributed by atoms with Crippen LogP contribution < -0.4 is 26.9 Å². The number of carboxylic acids is 3. The molecule has 0 heterocycles. The maximum absolute atomic E-state index is 11.9. The van der Waals surface area contributed by atoms with E-state index in [-0.39, 0.29) is 50.0 Å². The third kappa shape index (κ3) is 16.9. The van der Waals surface area contributed by atoms with E-state index >= 15 is 0 Å². The molecule has 0 aromatic heterocycles. The fourth-order valence-corrected chi connectivity index (χ4v) is 5.32. The van der Waals surface area contributed by atoms with Crippen LogP contribution >= 0.6 is 0 Å². The minimum atomic E-state index is -1.38. The summed E-state index contributed by atoms with van der Waals surface area (Å²) in [5.74, 6) is -3.81. The molecule has 1 atom stereocenters. The number of nitrogens with zero attached hydrogens (tertiary/aromatic N) is 3. The quantitative estimate of drug-likeness (QED) is 0.0296. The van der Waals surface area contributed by atoms with Crippen LogP contribution in [0.2, 0.25) is 0 Å². The molecule has 200 valence electrons. The number of halogens is 1. The van der Waals surface area contributed by atoms with Gasteiger partial charge in [-0.1, -0.05) is 0 Å². The number of alkyl halides is 2. The summed E-state index contributed by atoms with van der Waals surface area (Å²) in [6.07, 6.45) is -0.811. The van der Waals surface area contributed by atoms with Gasteiger partial charge in [0.15, 0.2) is 0 Å². The number of nitrogens with two attached hydrogens (primary N) is 1. The van der Waals surface area contributed by atoms with Crippen LogP contribution in [-0.4, -0.2) is 138 Å². The van der Waals surface area contributed by atoms with Crippen LogP contribution in [0.3, 0.4) is 0 Å². The first-order valence-corrected chi connectivity index (χ1v) is 14.0. The molecule has 14 heteroatoms. The summed E-state index contributed by atoms with van der Waals surface area (Å²) in [5, 5.41) is 46.1. The summed E-state index contributed by atoms with van der Waals surface area (Å²) >= 11 is -0.524. The van der Waals surface area contributed by atoms with Gasteiger partial charge >= 0.3 is 210 Å². The number of aliphatic hydroxyl groups is 2. The molecule has 0 aromatic rings. The third-order valence-electron chi connectivity index (χ3n) is 4.84. The molecule has 0 radical (unpaired) electrons. The molecule has 0 aliphatic heterocycles. The van der Waals surface area contributed by atoms with Crippen LogP contribution in [0, 0.1) is 0 Å². The molecule has 0 saturated heterocycles. The summed E-state index contributed by atoms with van der Waals surface area (Å²) in [6.45, 7) is 3.34. The first-order chi connectivity index (χ1) is 16.0. The van der Waals surface area contributed by atoms with E-state index in [2.05, 4.69) is 0 Å². The summed E-state index contributed by atoms with van der Waals surface area (Å²) in [7, 11) is 0. The van der Waals surface area contributed by atoms with Gasteiger partial charge in [0.1, 0.15) is 0 Å². The van der Waals surface area contributed by atoms with E-state index in [1.54, 1.807) is 14.7 Å². The number of aliphatic carboxylic acids is 3. The van der Waals surface area contributed by atoms with E-state index in [1.807, 2.05) is 6.92 Å². The standard InChI is InChI=1S/C20H38IN4O9/c1-2-6-23(13-18(29)30)8-10-25(15(20(33)34)3-4-16(22)26)11-9-24(14-19(31)32)7-5-21-12-17(27)28/h15,17,27-28H,2-14H2,1H3,(H2,22,26)(H,29,30)(H,31,32)(H,33,34)/q-1. The van der Waals surface area contributed by atoms with Crippen molar-refractivity contribution in [3.8, 4) is 0 Å². The Labute approximate surface area is 209 Å². The predicted octanol–water partition coefficient (Wildman–Crippen LogP) is -5.41. The van der Waals surface area contributed by atoms with E-state index in [1.165, 1.54) is 0 Å². The molecule has 0 aliphatic rings. The molecule has 1 amide bonds. The Balaban J connectivity index is 5.36. The summed E-state index contributed by atoms with van der Waals surface area (Å²) in [6, 6.07) is -1.04. The van der Waals surface area contributed by atoms with Gasteiger partial charge < -0.3 is 0 Å². The number of hydrogen-bond donors (Lipinski definition) is 6. The topological polar surface area (TPSA) is 205 Å². The van der Waals surface area contributed by atoms with Gasteiger partial charge in [0, 0.05) is 0 Å². The number of carbonyl (C=O) groups is 4. The molecular formula is C20H38IN4O9-. The van der Waals surface area contributed by atoms with Crippen molar-refractivity contribution in [2.75, 3.05) is 61.2 Å². The van der Waals surface area contributed by atoms with Crippen LogP contribution in [-0.2, 0) is 19.2 Å². The second kappa shape index (κ2) is 18.7. The van der Waals surface area contributed by atoms with E-state index < -0.39 is 57.4 Å². The minimum absolute atomic E-state index is 0.0177. The number of primary amides is 1. The van der Waals surface area contributed by atoms with Crippen LogP contribution in [0.1, 0.15) is 26.2 Å². The number of rotatable bonds is 22. The van der Waals surface area contributed by atoms with Gasteiger partial charge in [-0.25, -0.2) is 0 Å². The number of hydrogen-bond acceptors (Lipinski definition) is 9. The molecule has 34 heavy (non-hydrogen) atoms. The fourth-order valence-electron chi connectivity index (χ4n) is 3.30. The van der Waals surface area contributed by atoms with Gasteiger partial charge in [0.25, 0.3) is 0 Å². The molecule has 13 nitrogen and oxygen atoms in total. The Morgan fingerprint density at radius 1 is 0.853 bits per heavy atom. The number of amides is 1. The van der Waals surface area contributed by atoms with Crippen LogP contribution in [0.5, 0.6) is 0 Å². The van der Waals surface area contributed by atoms with Crippen molar-refractivity contribution >= 4 is 23.8 Å². The monoisotopic (exact) mass is 605 g/mol. The van der Waals surface area contributed by atoms with Crippen molar-refractivity contribution in [2.45, 2.75) is 38.5 Å². The van der Waals surface area contributed by atoms with Crippen molar-refractivity contribution in [1.82, 2.24) is 14.7 Å². The van der Waals surface area contributed by atoms with E-state index in [4.69, 9.17) is 21.1 Å². The molecule has 0 saturated carbocycles. The molecule has 0 fully saturated rings. The van der Waals surface area contributed by atoms with Crippen molar-refractivity contribution in [2.24, 2.45) is 5.73 Å². The Hall–Kier alpha value is -1.59. The van der Waals surface area contributed by atoms with E-state index in [0.29, 0.717) is 24.1 Å². The average Bonchev–Trinajstić information content (AvgIpc) is 2.70. The van der Waals surface area contributed by atoms with Gasteiger partial charge in [-0.3, -0.25) is 0 Å². The molecule has 0 rings (SSSR count). The summed E-state index contributed by atoms with van der Waals surface area (Å²) in [5.41, 5.74) is 5.19. The van der Waals surface area contributed by atoms with Gasteiger partial charge in [0.05, 0.1) is 0 Å². The molecular weight excluding hydrogens is 567 g/mol. The van der Waals surface area contributed by atoms with Crippen molar-refractivity contribution in [1.29, 1.82) is 0 Å². The molecule has 1 unspecified atom stereocenters. The number of carbonyl (C=O) groups excluding carboxylic acids is 1. The van der Waals surface area contributed by atoms with Crippen LogP contribution in [0.15, 0.2) is 0 Å². The van der Waals surface area contributed by atoms with E-state index in [0.717, 1.165) is 6.42 Å². The summed E-state index contributed by atoms with van der Waals surface area (Å²) < 4.78 is 0.910. The third-order valence-corrected chi connectivity index (χ3v) is 7.49. The molecule has 0 aliphatic carbocycles. The Morgan fingerprint density at radius 2 is 1.38 bits per heavy atom. The zero-order chi connectivity index (χ0) is 26.1. The zero-order valence-corrected chi connectivity index (χ0v) is 21.7. The fraction of sp³-hybridized carbons (Fsp3) is 0.800. The Kier molecular flexibility index (Phi) is 17.8. The van der Waals surface area contributed by atoms with Crippen LogP contribution in [0.25, 0.3) is 0 Å². The predicted molar refractivity (Wildman–Crippen MR) is 118 cm³/mol. The molecule has 7 N–H and O–H groups in total. The zero-order valence-electron chi connectivity index (χ0n) is 19.5. The normalized spacial score (nSPS) is 12.7. The first kappa shape index (κ1) is 32.4. The average molecular weight is 605 g/mol. The van der Waals surface area contributed by atoms with Gasteiger partial charge in [-0.05, 0) is 0 Å².